The van der Waals surface area contributed by atoms with Gasteiger partial charge < -0.3 is 18.8 Å². The normalized spacial score (nSPS) is 22.6. The van der Waals surface area contributed by atoms with Crippen molar-refractivity contribution in [2.24, 2.45) is 5.92 Å². The lowest BCUT2D eigenvalue weighted by Crippen LogP contribution is -2.38. The molecule has 0 saturated heterocycles. The fourth-order valence-corrected chi connectivity index (χ4v) is 3.05. The van der Waals surface area contributed by atoms with Crippen molar-refractivity contribution in [2.45, 2.75) is 25.8 Å². The molecular weight excluding hydrogens is 302 g/mol. The van der Waals surface area contributed by atoms with Gasteiger partial charge in [-0.3, -0.25) is 9.59 Å². The number of ether oxygens (including phenoxy) is 1. The topological polar surface area (TPSA) is 98.7 Å². The molecule has 7 nitrogen and oxygen atoms in total. The molecule has 0 amide bonds. The Kier molecular flexibility index (Phi) is 3.35. The van der Waals surface area contributed by atoms with Crippen molar-refractivity contribution in [3.8, 4) is 0 Å². The van der Waals surface area contributed by atoms with Crippen LogP contribution in [0.2, 0.25) is 0 Å². The van der Waals surface area contributed by atoms with Gasteiger partial charge in [0, 0.05) is 12.2 Å². The van der Waals surface area contributed by atoms with Crippen LogP contribution in [0.4, 0.5) is 4.79 Å². The number of carbonyl (C=O) groups is 3. The third-order valence-corrected chi connectivity index (χ3v) is 4.54. The number of carbonyl (C=O) groups excluding carboxylic acids is 2. The summed E-state index contributed by atoms with van der Waals surface area (Å²) in [6.45, 7) is 3.86. The van der Waals surface area contributed by atoms with Crippen molar-refractivity contribution < 1.29 is 28.6 Å². The molecule has 120 valence electrons. The molecule has 0 saturated carbocycles. The van der Waals surface area contributed by atoms with E-state index in [0.717, 1.165) is 0 Å². The minimum atomic E-state index is -1.64. The first-order valence-electron chi connectivity index (χ1n) is 7.09. The Hall–Kier alpha value is -2.83. The number of rotatable bonds is 3. The van der Waals surface area contributed by atoms with Gasteiger partial charge in [0.05, 0.1) is 12.0 Å². The molecule has 2 atom stereocenters. The van der Waals surface area contributed by atoms with E-state index in [1.165, 1.54) is 6.26 Å². The molecule has 0 spiro atoms. The molecule has 0 aliphatic carbocycles. The molecule has 0 fully saturated rings. The number of carboxylic acid groups (broad SMARTS) is 1. The number of fused-ring (bicyclic) bond motifs is 1. The van der Waals surface area contributed by atoms with Crippen LogP contribution < -0.4 is 0 Å². The fraction of sp³-hybridized carbons (Fsp3) is 0.312. The van der Waals surface area contributed by atoms with E-state index in [1.54, 1.807) is 35.8 Å². The Labute approximate surface area is 131 Å². The number of hydrogen-bond acceptors (Lipinski definition) is 5. The van der Waals surface area contributed by atoms with Crippen LogP contribution in [0.15, 0.2) is 34.9 Å². The fourth-order valence-electron chi connectivity index (χ4n) is 3.05. The molecule has 1 aliphatic rings. The Bertz CT molecular complexity index is 788. The van der Waals surface area contributed by atoms with Crippen LogP contribution in [0.1, 0.15) is 35.8 Å². The molecule has 0 aromatic carbocycles. The van der Waals surface area contributed by atoms with Crippen molar-refractivity contribution in [2.75, 3.05) is 0 Å². The van der Waals surface area contributed by atoms with E-state index in [1.807, 2.05) is 6.92 Å². The maximum absolute atomic E-state index is 12.5. The maximum Gasteiger partial charge on any atom is 0.513 e. The average molecular weight is 317 g/mol. The summed E-state index contributed by atoms with van der Waals surface area (Å²) < 4.78 is 11.2. The first-order chi connectivity index (χ1) is 10.9. The summed E-state index contributed by atoms with van der Waals surface area (Å²) in [4.78, 5) is 35.4. The predicted molar refractivity (Wildman–Crippen MR) is 77.2 cm³/mol. The summed E-state index contributed by atoms with van der Waals surface area (Å²) in [6, 6.07) is 6.46. The van der Waals surface area contributed by atoms with Crippen LogP contribution >= 0.6 is 0 Å². The third kappa shape index (κ3) is 2.16. The summed E-state index contributed by atoms with van der Waals surface area (Å²) in [5.74, 6) is -1.13. The molecule has 2 aromatic heterocycles. The number of nitrogens with zero attached hydrogens (tertiary/aromatic N) is 1. The maximum atomic E-state index is 12.5. The first-order valence-corrected chi connectivity index (χ1v) is 7.09. The number of furan rings is 1. The second-order valence-electron chi connectivity index (χ2n) is 5.78. The molecule has 3 heterocycles. The van der Waals surface area contributed by atoms with E-state index >= 15 is 0 Å². The van der Waals surface area contributed by atoms with Crippen molar-refractivity contribution in [1.29, 1.82) is 0 Å². The molecule has 3 rings (SSSR count). The van der Waals surface area contributed by atoms with Gasteiger partial charge in [0.15, 0.2) is 5.76 Å². The predicted octanol–water partition coefficient (Wildman–Crippen LogP) is 2.44. The summed E-state index contributed by atoms with van der Waals surface area (Å²) in [5.41, 5.74) is -0.167. The molecular formula is C16H15NO6. The Morgan fingerprint density at radius 3 is 2.70 bits per heavy atom. The van der Waals surface area contributed by atoms with Crippen LogP contribution in [0.25, 0.3) is 0 Å². The largest absolute Gasteiger partial charge is 0.513 e. The van der Waals surface area contributed by atoms with E-state index in [4.69, 9.17) is 9.52 Å². The van der Waals surface area contributed by atoms with Gasteiger partial charge in [0.2, 0.25) is 5.78 Å². The van der Waals surface area contributed by atoms with E-state index in [2.05, 4.69) is 4.74 Å². The third-order valence-electron chi connectivity index (χ3n) is 4.54. The summed E-state index contributed by atoms with van der Waals surface area (Å²) >= 11 is 0. The molecule has 0 radical (unpaired) electrons. The molecule has 1 aliphatic heterocycles. The molecule has 7 heteroatoms. The zero-order chi connectivity index (χ0) is 16.8. The van der Waals surface area contributed by atoms with Gasteiger partial charge >= 0.3 is 12.1 Å². The lowest BCUT2D eigenvalue weighted by Gasteiger charge is -2.24. The minimum Gasteiger partial charge on any atom is -0.461 e. The second-order valence-corrected chi connectivity index (χ2v) is 5.78. The highest BCUT2D eigenvalue weighted by Crippen LogP contribution is 2.42. The zero-order valence-corrected chi connectivity index (χ0v) is 12.6. The van der Waals surface area contributed by atoms with E-state index in [9.17, 15) is 14.4 Å². The van der Waals surface area contributed by atoms with E-state index in [0.29, 0.717) is 17.9 Å². The lowest BCUT2D eigenvalue weighted by atomic mass is 9.78. The number of ketones is 1. The summed E-state index contributed by atoms with van der Waals surface area (Å²) in [5, 5.41) is 8.69. The van der Waals surface area contributed by atoms with Gasteiger partial charge in [0.25, 0.3) is 0 Å². The SMILES string of the molecule is CC1Cn2c(C(=O)c3ccco3)ccc2C1(C)C(=O)OC(=O)O. The Morgan fingerprint density at radius 2 is 2.09 bits per heavy atom. The van der Waals surface area contributed by atoms with E-state index in [-0.39, 0.29) is 17.5 Å². The monoisotopic (exact) mass is 317 g/mol. The van der Waals surface area contributed by atoms with Gasteiger partial charge in [-0.05, 0) is 37.1 Å². The number of aromatic nitrogens is 1. The highest BCUT2D eigenvalue weighted by Gasteiger charge is 2.50. The van der Waals surface area contributed by atoms with Gasteiger partial charge in [-0.25, -0.2) is 4.79 Å². The number of hydrogen-bond donors (Lipinski definition) is 1. The van der Waals surface area contributed by atoms with E-state index < -0.39 is 17.5 Å². The molecule has 1 N–H and O–H groups in total. The lowest BCUT2D eigenvalue weighted by molar-refractivity contribution is -0.146. The summed E-state index contributed by atoms with van der Waals surface area (Å²) in [7, 11) is 0. The molecule has 2 aromatic rings. The quantitative estimate of drug-likeness (QED) is 0.530. The van der Waals surface area contributed by atoms with Crippen molar-refractivity contribution in [3.05, 3.63) is 47.7 Å². The van der Waals surface area contributed by atoms with Crippen molar-refractivity contribution >= 4 is 17.9 Å². The molecule has 23 heavy (non-hydrogen) atoms. The van der Waals surface area contributed by atoms with Crippen LogP contribution in [0.5, 0.6) is 0 Å². The first kappa shape index (κ1) is 15.1. The number of esters is 1. The van der Waals surface area contributed by atoms with Crippen LogP contribution in [-0.4, -0.2) is 27.6 Å². The smallest absolute Gasteiger partial charge is 0.461 e. The van der Waals surface area contributed by atoms with Gasteiger partial charge in [0.1, 0.15) is 5.41 Å². The zero-order valence-electron chi connectivity index (χ0n) is 12.6. The van der Waals surface area contributed by atoms with Crippen molar-refractivity contribution in [1.82, 2.24) is 4.57 Å². The highest BCUT2D eigenvalue weighted by atomic mass is 16.7. The highest BCUT2D eigenvalue weighted by molar-refractivity contribution is 6.06. The van der Waals surface area contributed by atoms with Gasteiger partial charge in [-0.2, -0.15) is 0 Å². The Balaban J connectivity index is 2.01. The average Bonchev–Trinajstić information content (AvgIpc) is 3.18. The standard InChI is InChI=1S/C16H15NO6/c1-9-8-17-10(13(18)11-4-3-7-22-11)5-6-12(17)16(9,2)14(19)23-15(20)21/h3-7,9H,8H2,1-2H3,(H,20,21). The van der Waals surface area contributed by atoms with Crippen LogP contribution in [0, 0.1) is 5.92 Å². The minimum absolute atomic E-state index is 0.209. The second kappa shape index (κ2) is 5.12. The molecule has 0 bridgehead atoms. The summed E-state index contributed by atoms with van der Waals surface area (Å²) in [6.07, 6.45) is -0.224. The van der Waals surface area contributed by atoms with Gasteiger partial charge in [-0.1, -0.05) is 6.92 Å². The Morgan fingerprint density at radius 1 is 1.35 bits per heavy atom. The van der Waals surface area contributed by atoms with Gasteiger partial charge in [-0.15, -0.1) is 0 Å². The van der Waals surface area contributed by atoms with Crippen molar-refractivity contribution in [3.63, 3.8) is 0 Å². The van der Waals surface area contributed by atoms with Crippen LogP contribution in [-0.2, 0) is 21.5 Å². The van der Waals surface area contributed by atoms with Crippen LogP contribution in [0.3, 0.4) is 0 Å². The molecule has 2 unspecified atom stereocenters.